The van der Waals surface area contributed by atoms with Crippen molar-refractivity contribution in [3.8, 4) is 11.8 Å². The molecule has 1 aromatic rings. The second-order valence-electron chi connectivity index (χ2n) is 6.47. The molecule has 1 N–H and O–H groups in total. The van der Waals surface area contributed by atoms with E-state index in [2.05, 4.69) is 6.07 Å². The number of carbonyl (C=O) groups excluding carboxylic acids is 1. The van der Waals surface area contributed by atoms with Gasteiger partial charge in [0.1, 0.15) is 23.2 Å². The average molecular weight is 328 g/mol. The van der Waals surface area contributed by atoms with Gasteiger partial charge in [-0.05, 0) is 39.0 Å². The number of hydrogen-bond acceptors (Lipinski definition) is 5. The van der Waals surface area contributed by atoms with Gasteiger partial charge in [-0.15, -0.1) is 0 Å². The summed E-state index contributed by atoms with van der Waals surface area (Å²) in [5, 5.41) is 20.0. The van der Waals surface area contributed by atoms with Crippen LogP contribution in [0.15, 0.2) is 30.0 Å². The molecule has 24 heavy (non-hydrogen) atoms. The lowest BCUT2D eigenvalue weighted by atomic mass is 9.85. The summed E-state index contributed by atoms with van der Waals surface area (Å²) in [7, 11) is 0. The van der Waals surface area contributed by atoms with Crippen LogP contribution in [0.2, 0.25) is 0 Å². The molecule has 0 saturated heterocycles. The quantitative estimate of drug-likeness (QED) is 0.916. The lowest BCUT2D eigenvalue weighted by Crippen LogP contribution is -2.54. The zero-order valence-corrected chi connectivity index (χ0v) is 13.9. The Morgan fingerprint density at radius 2 is 2.25 bits per heavy atom. The molecule has 2 aliphatic heterocycles. The van der Waals surface area contributed by atoms with E-state index >= 15 is 0 Å². The van der Waals surface area contributed by atoms with E-state index in [1.54, 1.807) is 36.9 Å². The van der Waals surface area contributed by atoms with Crippen LogP contribution < -0.4 is 4.74 Å². The number of nitrogens with zero attached hydrogens (tertiary/aromatic N) is 2. The highest BCUT2D eigenvalue weighted by atomic mass is 16.5. The standard InChI is InChI=1S/C18H20N2O4/c1-4-23-12-8-15(21)20(10-12)16-13-7-11(9-19)5-6-14(13)24-18(2,3)17(16)22/h5-8,16-17,22H,4,10H2,1-3H3/t16-,17+/m0/s1. The van der Waals surface area contributed by atoms with Crippen LogP contribution in [0.1, 0.15) is 37.9 Å². The monoisotopic (exact) mass is 328 g/mol. The van der Waals surface area contributed by atoms with Crippen molar-refractivity contribution in [2.75, 3.05) is 13.2 Å². The third-order valence-electron chi connectivity index (χ3n) is 4.40. The topological polar surface area (TPSA) is 82.8 Å². The third kappa shape index (κ3) is 2.61. The van der Waals surface area contributed by atoms with Crippen LogP contribution in [-0.2, 0) is 9.53 Å². The van der Waals surface area contributed by atoms with Crippen molar-refractivity contribution in [2.24, 2.45) is 0 Å². The molecular formula is C18H20N2O4. The van der Waals surface area contributed by atoms with Gasteiger partial charge in [-0.1, -0.05) is 0 Å². The van der Waals surface area contributed by atoms with Crippen molar-refractivity contribution in [1.82, 2.24) is 4.90 Å². The molecule has 0 aromatic heterocycles. The van der Waals surface area contributed by atoms with Crippen molar-refractivity contribution in [2.45, 2.75) is 38.5 Å². The predicted molar refractivity (Wildman–Crippen MR) is 86.0 cm³/mol. The molecule has 1 aromatic carbocycles. The van der Waals surface area contributed by atoms with E-state index in [0.29, 0.717) is 35.8 Å². The fraction of sp³-hybridized carbons (Fsp3) is 0.444. The molecule has 0 radical (unpaired) electrons. The van der Waals surface area contributed by atoms with Gasteiger partial charge < -0.3 is 19.5 Å². The Morgan fingerprint density at radius 1 is 1.50 bits per heavy atom. The molecule has 126 valence electrons. The van der Waals surface area contributed by atoms with E-state index in [9.17, 15) is 9.90 Å². The minimum Gasteiger partial charge on any atom is -0.496 e. The first-order valence-corrected chi connectivity index (χ1v) is 7.92. The van der Waals surface area contributed by atoms with Crippen LogP contribution >= 0.6 is 0 Å². The fourth-order valence-corrected chi connectivity index (χ4v) is 3.19. The van der Waals surface area contributed by atoms with E-state index < -0.39 is 17.7 Å². The lowest BCUT2D eigenvalue weighted by Gasteiger charge is -2.45. The molecule has 0 saturated carbocycles. The molecule has 6 nitrogen and oxygen atoms in total. The van der Waals surface area contributed by atoms with Crippen LogP contribution in [0.4, 0.5) is 0 Å². The van der Waals surface area contributed by atoms with Crippen LogP contribution in [-0.4, -0.2) is 40.8 Å². The van der Waals surface area contributed by atoms with E-state index in [-0.39, 0.29) is 5.91 Å². The smallest absolute Gasteiger partial charge is 0.251 e. The number of benzene rings is 1. The number of hydrogen-bond donors (Lipinski definition) is 1. The van der Waals surface area contributed by atoms with Crippen molar-refractivity contribution < 1.29 is 19.4 Å². The van der Waals surface area contributed by atoms with Gasteiger partial charge in [0.05, 0.1) is 30.8 Å². The third-order valence-corrected chi connectivity index (χ3v) is 4.40. The molecule has 0 unspecified atom stereocenters. The molecule has 0 bridgehead atoms. The number of fused-ring (bicyclic) bond motifs is 1. The van der Waals surface area contributed by atoms with E-state index in [1.807, 2.05) is 6.92 Å². The lowest BCUT2D eigenvalue weighted by molar-refractivity contribution is -0.137. The number of rotatable bonds is 3. The molecule has 0 fully saturated rings. The van der Waals surface area contributed by atoms with Crippen molar-refractivity contribution >= 4 is 5.91 Å². The average Bonchev–Trinajstić information content (AvgIpc) is 2.89. The number of nitriles is 1. The molecule has 0 aliphatic carbocycles. The molecule has 0 spiro atoms. The second kappa shape index (κ2) is 5.84. The summed E-state index contributed by atoms with van der Waals surface area (Å²) < 4.78 is 11.3. The summed E-state index contributed by atoms with van der Waals surface area (Å²) >= 11 is 0. The van der Waals surface area contributed by atoms with Crippen molar-refractivity contribution in [1.29, 1.82) is 5.26 Å². The first-order chi connectivity index (χ1) is 11.4. The van der Waals surface area contributed by atoms with Crippen LogP contribution in [0.3, 0.4) is 0 Å². The number of ether oxygens (including phenoxy) is 2. The number of aliphatic hydroxyl groups excluding tert-OH is 1. The predicted octanol–water partition coefficient (Wildman–Crippen LogP) is 1.89. The molecule has 2 heterocycles. The summed E-state index contributed by atoms with van der Waals surface area (Å²) in [6, 6.07) is 6.54. The van der Waals surface area contributed by atoms with Crippen LogP contribution in [0.5, 0.6) is 5.75 Å². The Hall–Kier alpha value is -2.52. The Bertz CT molecular complexity index is 748. The summed E-state index contributed by atoms with van der Waals surface area (Å²) in [6.07, 6.45) is 0.518. The van der Waals surface area contributed by atoms with Gasteiger partial charge >= 0.3 is 0 Å². The molecular weight excluding hydrogens is 308 g/mol. The summed E-state index contributed by atoms with van der Waals surface area (Å²) in [5.41, 5.74) is 0.236. The molecule has 3 rings (SSSR count). The maximum atomic E-state index is 12.4. The maximum Gasteiger partial charge on any atom is 0.251 e. The molecule has 1 amide bonds. The summed E-state index contributed by atoms with van der Waals surface area (Å²) in [6.45, 7) is 6.19. The Balaban J connectivity index is 2.04. The Kier molecular flexibility index (Phi) is 3.98. The summed E-state index contributed by atoms with van der Waals surface area (Å²) in [5.74, 6) is 0.942. The van der Waals surface area contributed by atoms with Gasteiger partial charge in [-0.3, -0.25) is 4.79 Å². The molecule has 2 atom stereocenters. The number of carbonyl (C=O) groups is 1. The first-order valence-electron chi connectivity index (χ1n) is 7.92. The van der Waals surface area contributed by atoms with Gasteiger partial charge in [0, 0.05) is 11.6 Å². The number of aliphatic hydroxyl groups is 1. The largest absolute Gasteiger partial charge is 0.496 e. The highest BCUT2D eigenvalue weighted by molar-refractivity contribution is 5.91. The Morgan fingerprint density at radius 3 is 2.92 bits per heavy atom. The minimum absolute atomic E-state index is 0.214. The molecule has 2 aliphatic rings. The zero-order chi connectivity index (χ0) is 17.5. The summed E-state index contributed by atoms with van der Waals surface area (Å²) in [4.78, 5) is 14.0. The normalized spacial score (nSPS) is 24.7. The van der Waals surface area contributed by atoms with Crippen LogP contribution in [0, 0.1) is 11.3 Å². The van der Waals surface area contributed by atoms with Gasteiger partial charge in [0.15, 0.2) is 0 Å². The highest BCUT2D eigenvalue weighted by Gasteiger charge is 2.47. The fourth-order valence-electron chi connectivity index (χ4n) is 3.19. The Labute approximate surface area is 140 Å². The van der Waals surface area contributed by atoms with Gasteiger partial charge in [-0.2, -0.15) is 5.26 Å². The van der Waals surface area contributed by atoms with E-state index in [0.717, 1.165) is 0 Å². The van der Waals surface area contributed by atoms with Crippen LogP contribution in [0.25, 0.3) is 0 Å². The maximum absolute atomic E-state index is 12.4. The van der Waals surface area contributed by atoms with Gasteiger partial charge in [0.25, 0.3) is 5.91 Å². The highest BCUT2D eigenvalue weighted by Crippen LogP contribution is 2.44. The van der Waals surface area contributed by atoms with E-state index in [4.69, 9.17) is 14.7 Å². The number of amides is 1. The van der Waals surface area contributed by atoms with Gasteiger partial charge in [-0.25, -0.2) is 0 Å². The zero-order valence-electron chi connectivity index (χ0n) is 13.9. The van der Waals surface area contributed by atoms with E-state index in [1.165, 1.54) is 6.08 Å². The second-order valence-corrected chi connectivity index (χ2v) is 6.47. The minimum atomic E-state index is -0.933. The first kappa shape index (κ1) is 16.3. The SMILES string of the molecule is CCOC1=CC(=O)N([C@H]2c3cc(C#N)ccc3OC(C)(C)[C@@H]2O)C1. The van der Waals surface area contributed by atoms with Gasteiger partial charge in [0.2, 0.25) is 0 Å². The molecule has 6 heteroatoms. The van der Waals surface area contributed by atoms with Crippen molar-refractivity contribution in [3.63, 3.8) is 0 Å². The van der Waals surface area contributed by atoms with Crippen molar-refractivity contribution in [3.05, 3.63) is 41.2 Å².